The largest absolute Gasteiger partial charge is 0.352 e. The van der Waals surface area contributed by atoms with Gasteiger partial charge in [0.2, 0.25) is 21.8 Å². The zero-order valence-corrected chi connectivity index (χ0v) is 20.8. The van der Waals surface area contributed by atoms with Gasteiger partial charge in [-0.15, -0.1) is 0 Å². The highest BCUT2D eigenvalue weighted by Crippen LogP contribution is 2.20. The molecule has 7 nitrogen and oxygen atoms in total. The number of rotatable bonds is 9. The first-order valence-electron chi connectivity index (χ1n) is 9.96. The van der Waals surface area contributed by atoms with Gasteiger partial charge in [-0.05, 0) is 56.7 Å². The summed E-state index contributed by atoms with van der Waals surface area (Å²) in [6.45, 7) is 4.72. The summed E-state index contributed by atoms with van der Waals surface area (Å²) in [5.74, 6) is -1.57. The van der Waals surface area contributed by atoms with E-state index >= 15 is 0 Å². The third-order valence-electron chi connectivity index (χ3n) is 4.64. The Hall–Kier alpha value is -2.46. The van der Waals surface area contributed by atoms with Crippen molar-refractivity contribution in [3.8, 4) is 0 Å². The van der Waals surface area contributed by atoms with Crippen LogP contribution in [0.5, 0.6) is 0 Å². The van der Waals surface area contributed by atoms with Crippen LogP contribution in [0.15, 0.2) is 53.0 Å². The predicted molar refractivity (Wildman–Crippen MR) is 126 cm³/mol. The highest BCUT2D eigenvalue weighted by molar-refractivity contribution is 9.10. The maximum Gasteiger partial charge on any atom is 0.244 e. The molecule has 0 fully saturated rings. The van der Waals surface area contributed by atoms with E-state index in [0.717, 1.165) is 26.7 Å². The van der Waals surface area contributed by atoms with Gasteiger partial charge in [0.25, 0.3) is 0 Å². The summed E-state index contributed by atoms with van der Waals surface area (Å²) in [5.41, 5.74) is 0.797. The molecule has 0 aliphatic carbocycles. The van der Waals surface area contributed by atoms with Crippen molar-refractivity contribution in [1.29, 1.82) is 0 Å². The molecule has 0 unspecified atom stereocenters. The molecule has 0 saturated carbocycles. The Kier molecular flexibility index (Phi) is 8.80. The van der Waals surface area contributed by atoms with Gasteiger partial charge in [0, 0.05) is 17.1 Å². The lowest BCUT2D eigenvalue weighted by Crippen LogP contribution is -2.52. The van der Waals surface area contributed by atoms with Crippen LogP contribution in [0.25, 0.3) is 0 Å². The standard InChI is InChI=1S/C22H27BrFN3O4S/c1-15(2)25-22(29)16(3)26(13-17-8-10-18(23)11-9-17)21(28)14-27(32(4,30)31)20-7-5-6-19(24)12-20/h5-12,15-16H,13-14H2,1-4H3,(H,25,29)/t16-/m1/s1. The highest BCUT2D eigenvalue weighted by Gasteiger charge is 2.30. The molecule has 0 aliphatic heterocycles. The van der Waals surface area contributed by atoms with Crippen molar-refractivity contribution in [3.63, 3.8) is 0 Å². The van der Waals surface area contributed by atoms with Crippen molar-refractivity contribution >= 4 is 43.5 Å². The number of halogens is 2. The smallest absolute Gasteiger partial charge is 0.244 e. The summed E-state index contributed by atoms with van der Waals surface area (Å²) in [6.07, 6.45) is 0.944. The van der Waals surface area contributed by atoms with Crippen LogP contribution >= 0.6 is 15.9 Å². The summed E-state index contributed by atoms with van der Waals surface area (Å²) in [7, 11) is -3.89. The molecule has 0 spiro atoms. The lowest BCUT2D eigenvalue weighted by atomic mass is 10.1. The van der Waals surface area contributed by atoms with Gasteiger partial charge in [0.05, 0.1) is 11.9 Å². The second kappa shape index (κ2) is 10.9. The van der Waals surface area contributed by atoms with E-state index in [2.05, 4.69) is 21.2 Å². The fourth-order valence-electron chi connectivity index (χ4n) is 3.02. The maximum absolute atomic E-state index is 13.7. The van der Waals surface area contributed by atoms with Gasteiger partial charge in [-0.2, -0.15) is 0 Å². The van der Waals surface area contributed by atoms with Crippen molar-refractivity contribution in [2.24, 2.45) is 0 Å². The highest BCUT2D eigenvalue weighted by atomic mass is 79.9. The van der Waals surface area contributed by atoms with Gasteiger partial charge in [-0.3, -0.25) is 13.9 Å². The van der Waals surface area contributed by atoms with Crippen LogP contribution in [0, 0.1) is 5.82 Å². The van der Waals surface area contributed by atoms with Gasteiger partial charge in [0.15, 0.2) is 0 Å². The number of carbonyl (C=O) groups is 2. The minimum Gasteiger partial charge on any atom is -0.352 e. The second-order valence-electron chi connectivity index (χ2n) is 7.74. The Bertz CT molecular complexity index is 1060. The first-order chi connectivity index (χ1) is 14.9. The SMILES string of the molecule is CC(C)NC(=O)[C@@H](C)N(Cc1ccc(Br)cc1)C(=O)CN(c1cccc(F)c1)S(C)(=O)=O. The monoisotopic (exact) mass is 527 g/mol. The van der Waals surface area contributed by atoms with Gasteiger partial charge in [-0.1, -0.05) is 34.1 Å². The Balaban J connectivity index is 2.38. The van der Waals surface area contributed by atoms with E-state index in [0.29, 0.717) is 0 Å². The number of benzene rings is 2. The van der Waals surface area contributed by atoms with Crippen LogP contribution in [0.2, 0.25) is 0 Å². The number of hydrogen-bond donors (Lipinski definition) is 1. The molecular weight excluding hydrogens is 501 g/mol. The van der Waals surface area contributed by atoms with E-state index < -0.39 is 34.3 Å². The molecule has 0 heterocycles. The molecule has 10 heteroatoms. The van der Waals surface area contributed by atoms with Crippen molar-refractivity contribution in [3.05, 3.63) is 64.4 Å². The molecule has 32 heavy (non-hydrogen) atoms. The molecule has 2 amide bonds. The van der Waals surface area contributed by atoms with E-state index in [1.54, 1.807) is 32.9 Å². The molecule has 2 aromatic carbocycles. The van der Waals surface area contributed by atoms with Crippen molar-refractivity contribution < 1.29 is 22.4 Å². The molecule has 1 N–H and O–H groups in total. The summed E-state index contributed by atoms with van der Waals surface area (Å²) in [4.78, 5) is 27.3. The van der Waals surface area contributed by atoms with Crippen LogP contribution in [0.3, 0.4) is 0 Å². The molecule has 0 aliphatic rings. The Labute approximate surface area is 196 Å². The lowest BCUT2D eigenvalue weighted by Gasteiger charge is -2.31. The second-order valence-corrected chi connectivity index (χ2v) is 10.6. The van der Waals surface area contributed by atoms with E-state index in [9.17, 15) is 22.4 Å². The maximum atomic E-state index is 13.7. The number of nitrogens with one attached hydrogen (secondary N) is 1. The van der Waals surface area contributed by atoms with Gasteiger partial charge in [-0.25, -0.2) is 12.8 Å². The third kappa shape index (κ3) is 7.30. The fraction of sp³-hybridized carbons (Fsp3) is 0.364. The van der Waals surface area contributed by atoms with Crippen LogP contribution in [0.4, 0.5) is 10.1 Å². The summed E-state index contributed by atoms with van der Waals surface area (Å²) in [5, 5.41) is 2.77. The molecule has 2 aromatic rings. The molecule has 0 bridgehead atoms. The van der Waals surface area contributed by atoms with Crippen LogP contribution in [0.1, 0.15) is 26.3 Å². The topological polar surface area (TPSA) is 86.8 Å². The van der Waals surface area contributed by atoms with Gasteiger partial charge >= 0.3 is 0 Å². The number of anilines is 1. The number of carbonyl (C=O) groups excluding carboxylic acids is 2. The first kappa shape index (κ1) is 25.8. The van der Waals surface area contributed by atoms with Crippen LogP contribution < -0.4 is 9.62 Å². The molecule has 2 rings (SSSR count). The first-order valence-corrected chi connectivity index (χ1v) is 12.6. The Morgan fingerprint density at radius 3 is 2.25 bits per heavy atom. The molecule has 1 atom stereocenters. The number of amides is 2. The van der Waals surface area contributed by atoms with Gasteiger partial charge < -0.3 is 10.2 Å². The minimum atomic E-state index is -3.89. The summed E-state index contributed by atoms with van der Waals surface area (Å²) >= 11 is 3.36. The van der Waals surface area contributed by atoms with Gasteiger partial charge in [0.1, 0.15) is 18.4 Å². The Morgan fingerprint density at radius 1 is 1.09 bits per heavy atom. The molecule has 0 radical (unpaired) electrons. The predicted octanol–water partition coefficient (Wildman–Crippen LogP) is 3.30. The zero-order valence-electron chi connectivity index (χ0n) is 18.4. The van der Waals surface area contributed by atoms with E-state index in [4.69, 9.17) is 0 Å². The zero-order chi connectivity index (χ0) is 24.1. The quantitative estimate of drug-likeness (QED) is 0.542. The van der Waals surface area contributed by atoms with Crippen molar-refractivity contribution in [2.75, 3.05) is 17.1 Å². The fourth-order valence-corrected chi connectivity index (χ4v) is 4.13. The minimum absolute atomic E-state index is 0.0312. The molecule has 0 saturated heterocycles. The summed E-state index contributed by atoms with van der Waals surface area (Å²) in [6, 6.07) is 11.2. The number of sulfonamides is 1. The van der Waals surface area contributed by atoms with E-state index in [1.807, 2.05) is 12.1 Å². The third-order valence-corrected chi connectivity index (χ3v) is 6.31. The van der Waals surface area contributed by atoms with Crippen molar-refractivity contribution in [1.82, 2.24) is 10.2 Å². The van der Waals surface area contributed by atoms with E-state index in [1.165, 1.54) is 23.1 Å². The number of hydrogen-bond acceptors (Lipinski definition) is 4. The van der Waals surface area contributed by atoms with Crippen LogP contribution in [-0.2, 0) is 26.2 Å². The average molecular weight is 528 g/mol. The average Bonchev–Trinajstić information content (AvgIpc) is 2.69. The molecule has 174 valence electrons. The summed E-state index contributed by atoms with van der Waals surface area (Å²) < 4.78 is 40.2. The number of nitrogens with zero attached hydrogens (tertiary/aromatic N) is 2. The molecular formula is C22H27BrFN3O4S. The van der Waals surface area contributed by atoms with Crippen LogP contribution in [-0.4, -0.2) is 50.0 Å². The Morgan fingerprint density at radius 2 is 1.72 bits per heavy atom. The normalized spacial score (nSPS) is 12.3. The molecule has 0 aromatic heterocycles. The van der Waals surface area contributed by atoms with Crippen molar-refractivity contribution in [2.45, 2.75) is 39.4 Å². The lowest BCUT2D eigenvalue weighted by molar-refractivity contribution is -0.139. The van der Waals surface area contributed by atoms with E-state index in [-0.39, 0.29) is 24.2 Å².